The Kier molecular flexibility index (Phi) is 4.85. The number of esters is 1. The van der Waals surface area contributed by atoms with E-state index in [-0.39, 0.29) is 10.9 Å². The molecule has 2 unspecified atom stereocenters. The largest absolute Gasteiger partial charge is 0.468 e. The van der Waals surface area contributed by atoms with Crippen LogP contribution in [0.15, 0.2) is 17.3 Å². The van der Waals surface area contributed by atoms with E-state index in [9.17, 15) is 13.2 Å². The van der Waals surface area contributed by atoms with Crippen molar-refractivity contribution < 1.29 is 17.9 Å². The van der Waals surface area contributed by atoms with Crippen molar-refractivity contribution in [2.45, 2.75) is 31.3 Å². The minimum atomic E-state index is -3.80. The van der Waals surface area contributed by atoms with E-state index < -0.39 is 22.0 Å². The van der Waals surface area contributed by atoms with Crippen LogP contribution in [0.5, 0.6) is 0 Å². The topological polar surface area (TPSA) is 101 Å². The summed E-state index contributed by atoms with van der Waals surface area (Å²) in [4.78, 5) is 11.6. The van der Waals surface area contributed by atoms with Gasteiger partial charge in [-0.25, -0.2) is 8.42 Å². The third-order valence-corrected chi connectivity index (χ3v) is 4.09. The van der Waals surface area contributed by atoms with E-state index in [1.54, 1.807) is 6.92 Å². The molecule has 1 aromatic rings. The molecule has 1 heterocycles. The molecule has 18 heavy (non-hydrogen) atoms. The maximum Gasteiger partial charge on any atom is 0.324 e. The van der Waals surface area contributed by atoms with Gasteiger partial charge in [-0.1, -0.05) is 20.3 Å². The number of aromatic amines is 1. The van der Waals surface area contributed by atoms with Gasteiger partial charge in [0.05, 0.1) is 13.3 Å². The number of hydrogen-bond donors (Lipinski definition) is 2. The Balaban J connectivity index is 2.94. The molecule has 0 aliphatic rings. The van der Waals surface area contributed by atoms with E-state index in [2.05, 4.69) is 19.7 Å². The highest BCUT2D eigenvalue weighted by Crippen LogP contribution is 2.13. The average molecular weight is 275 g/mol. The lowest BCUT2D eigenvalue weighted by molar-refractivity contribution is -0.143. The molecular weight excluding hydrogens is 258 g/mol. The quantitative estimate of drug-likeness (QED) is 0.726. The van der Waals surface area contributed by atoms with Crippen molar-refractivity contribution in [1.29, 1.82) is 0 Å². The van der Waals surface area contributed by atoms with Gasteiger partial charge in [0.2, 0.25) is 0 Å². The molecule has 2 atom stereocenters. The van der Waals surface area contributed by atoms with Gasteiger partial charge in [0.1, 0.15) is 6.04 Å². The summed E-state index contributed by atoms with van der Waals surface area (Å²) in [6.07, 6.45) is 1.97. The van der Waals surface area contributed by atoms with Crippen LogP contribution in [0.4, 0.5) is 0 Å². The van der Waals surface area contributed by atoms with Gasteiger partial charge < -0.3 is 4.74 Å². The zero-order valence-corrected chi connectivity index (χ0v) is 11.3. The van der Waals surface area contributed by atoms with Crippen LogP contribution in [-0.2, 0) is 19.6 Å². The number of H-pyrrole nitrogens is 1. The normalized spacial score (nSPS) is 15.1. The molecule has 0 saturated carbocycles. The van der Waals surface area contributed by atoms with Gasteiger partial charge in [-0.15, -0.1) is 0 Å². The number of hydrogen-bond acceptors (Lipinski definition) is 5. The van der Waals surface area contributed by atoms with E-state index in [1.807, 2.05) is 6.92 Å². The molecule has 0 spiro atoms. The number of sulfonamides is 1. The van der Waals surface area contributed by atoms with Gasteiger partial charge >= 0.3 is 5.97 Å². The van der Waals surface area contributed by atoms with Crippen molar-refractivity contribution in [2.75, 3.05) is 7.11 Å². The van der Waals surface area contributed by atoms with Crippen LogP contribution < -0.4 is 4.72 Å². The number of ether oxygens (including phenoxy) is 1. The molecule has 0 radical (unpaired) electrons. The predicted molar refractivity (Wildman–Crippen MR) is 64.2 cm³/mol. The van der Waals surface area contributed by atoms with Gasteiger partial charge in [-0.3, -0.25) is 9.89 Å². The molecule has 1 aromatic heterocycles. The molecule has 0 fully saturated rings. The van der Waals surface area contributed by atoms with Crippen LogP contribution in [0.3, 0.4) is 0 Å². The van der Waals surface area contributed by atoms with Crippen LogP contribution in [0, 0.1) is 5.92 Å². The smallest absolute Gasteiger partial charge is 0.324 e. The van der Waals surface area contributed by atoms with Gasteiger partial charge in [0.15, 0.2) is 5.03 Å². The summed E-state index contributed by atoms with van der Waals surface area (Å²) in [7, 11) is -2.57. The van der Waals surface area contributed by atoms with Crippen molar-refractivity contribution in [2.24, 2.45) is 5.92 Å². The fourth-order valence-electron chi connectivity index (χ4n) is 1.38. The fourth-order valence-corrected chi connectivity index (χ4v) is 2.59. The van der Waals surface area contributed by atoms with E-state index in [1.165, 1.54) is 19.4 Å². The van der Waals surface area contributed by atoms with Crippen molar-refractivity contribution >= 4 is 16.0 Å². The first-order valence-electron chi connectivity index (χ1n) is 5.52. The first-order valence-corrected chi connectivity index (χ1v) is 7.00. The molecule has 2 N–H and O–H groups in total. The van der Waals surface area contributed by atoms with Crippen LogP contribution in [0.25, 0.3) is 0 Å². The Bertz CT molecular complexity index is 483. The van der Waals surface area contributed by atoms with Crippen molar-refractivity contribution in [1.82, 2.24) is 14.9 Å². The molecule has 0 amide bonds. The highest BCUT2D eigenvalue weighted by Gasteiger charge is 2.30. The maximum atomic E-state index is 12.0. The minimum Gasteiger partial charge on any atom is -0.468 e. The molecule has 0 bridgehead atoms. The van der Waals surface area contributed by atoms with Crippen LogP contribution in [0.1, 0.15) is 20.3 Å². The predicted octanol–water partition coefficient (Wildman–Crippen LogP) is 0.276. The second kappa shape index (κ2) is 5.96. The van der Waals surface area contributed by atoms with E-state index in [0.29, 0.717) is 6.42 Å². The number of nitrogens with one attached hydrogen (secondary N) is 2. The molecule has 0 saturated heterocycles. The molecular formula is C10H17N3O4S. The summed E-state index contributed by atoms with van der Waals surface area (Å²) in [6, 6.07) is 0.404. The molecule has 0 aromatic carbocycles. The number of rotatable bonds is 6. The summed E-state index contributed by atoms with van der Waals surface area (Å²) < 4.78 is 30.8. The summed E-state index contributed by atoms with van der Waals surface area (Å²) in [6.45, 7) is 3.64. The monoisotopic (exact) mass is 275 g/mol. The highest BCUT2D eigenvalue weighted by molar-refractivity contribution is 7.89. The number of aromatic nitrogens is 2. The Hall–Kier alpha value is -1.41. The van der Waals surface area contributed by atoms with Crippen LogP contribution >= 0.6 is 0 Å². The van der Waals surface area contributed by atoms with E-state index >= 15 is 0 Å². The second-order valence-corrected chi connectivity index (χ2v) is 5.61. The Morgan fingerprint density at radius 2 is 2.28 bits per heavy atom. The lowest BCUT2D eigenvalue weighted by atomic mass is 10.0. The van der Waals surface area contributed by atoms with Gasteiger partial charge in [0.25, 0.3) is 10.0 Å². The lowest BCUT2D eigenvalue weighted by Crippen LogP contribution is -2.45. The SMILES string of the molecule is CCC(C)C(NS(=O)(=O)c1ccn[nH]1)C(=O)OC. The first-order chi connectivity index (χ1) is 8.42. The van der Waals surface area contributed by atoms with Crippen molar-refractivity contribution in [3.63, 3.8) is 0 Å². The second-order valence-electron chi connectivity index (χ2n) is 3.93. The molecule has 0 aliphatic carbocycles. The van der Waals surface area contributed by atoms with Crippen LogP contribution in [0.2, 0.25) is 0 Å². The van der Waals surface area contributed by atoms with Crippen molar-refractivity contribution in [3.8, 4) is 0 Å². The lowest BCUT2D eigenvalue weighted by Gasteiger charge is -2.21. The fraction of sp³-hybridized carbons (Fsp3) is 0.600. The number of carbonyl (C=O) groups excluding carboxylic acids is 1. The van der Waals surface area contributed by atoms with E-state index in [0.717, 1.165) is 0 Å². The summed E-state index contributed by atoms with van der Waals surface area (Å²) in [5, 5.41) is 5.83. The van der Waals surface area contributed by atoms with Crippen LogP contribution in [-0.4, -0.2) is 37.7 Å². The first kappa shape index (κ1) is 14.7. The standard InChI is InChI=1S/C10H17N3O4S/c1-4-7(2)9(10(14)17-3)13-18(15,16)8-5-6-11-12-8/h5-7,9,13H,4H2,1-3H3,(H,11,12). The number of carbonyl (C=O) groups is 1. The minimum absolute atomic E-state index is 0.0836. The molecule has 7 nitrogen and oxygen atoms in total. The molecule has 8 heteroatoms. The van der Waals surface area contributed by atoms with Crippen molar-refractivity contribution in [3.05, 3.63) is 12.3 Å². The summed E-state index contributed by atoms with van der Waals surface area (Å²) >= 11 is 0. The Labute approximate surface area is 106 Å². The third kappa shape index (κ3) is 3.30. The zero-order valence-electron chi connectivity index (χ0n) is 10.5. The molecule has 1 rings (SSSR count). The van der Waals surface area contributed by atoms with Gasteiger partial charge in [-0.05, 0) is 12.0 Å². The summed E-state index contributed by atoms with van der Waals surface area (Å²) in [5.41, 5.74) is 0. The number of nitrogens with zero attached hydrogens (tertiary/aromatic N) is 1. The summed E-state index contributed by atoms with van der Waals surface area (Å²) in [5.74, 6) is -0.775. The molecule has 102 valence electrons. The van der Waals surface area contributed by atoms with E-state index in [4.69, 9.17) is 0 Å². The maximum absolute atomic E-state index is 12.0. The average Bonchev–Trinajstić information content (AvgIpc) is 2.88. The molecule has 0 aliphatic heterocycles. The van der Waals surface area contributed by atoms with Gasteiger partial charge in [-0.2, -0.15) is 9.82 Å². The van der Waals surface area contributed by atoms with Gasteiger partial charge in [0, 0.05) is 0 Å². The Morgan fingerprint density at radius 1 is 1.61 bits per heavy atom. The highest BCUT2D eigenvalue weighted by atomic mass is 32.2. The zero-order chi connectivity index (χ0) is 13.8. The number of methoxy groups -OCH3 is 1. The Morgan fingerprint density at radius 3 is 2.72 bits per heavy atom. The third-order valence-electron chi connectivity index (χ3n) is 2.71.